The summed E-state index contributed by atoms with van der Waals surface area (Å²) in [6, 6.07) is 0.790. The van der Waals surface area contributed by atoms with Crippen LogP contribution in [-0.4, -0.2) is 12.6 Å². The van der Waals surface area contributed by atoms with Crippen molar-refractivity contribution in [2.45, 2.75) is 58.9 Å². The molecule has 1 spiro atoms. The zero-order valence-electron chi connectivity index (χ0n) is 8.82. The average molecular weight is 169 g/mol. The van der Waals surface area contributed by atoms with Gasteiger partial charge in [0.1, 0.15) is 0 Å². The van der Waals surface area contributed by atoms with Gasteiger partial charge in [0, 0.05) is 12.6 Å². The quantitative estimate of drug-likeness (QED) is 0.588. The van der Waals surface area contributed by atoms with Gasteiger partial charge in [0.25, 0.3) is 0 Å². The van der Waals surface area contributed by atoms with E-state index in [4.69, 9.17) is 0 Å². The van der Waals surface area contributed by atoms with Crippen molar-refractivity contribution < 1.29 is 0 Å². The first-order chi connectivity index (χ1) is 5.81. The molecule has 1 aliphatic carbocycles. The van der Waals surface area contributed by atoms with Crippen LogP contribution in [0.15, 0.2) is 0 Å². The van der Waals surface area contributed by atoms with Gasteiger partial charge in [0.2, 0.25) is 0 Å². The van der Waals surface area contributed by atoms with Crippen LogP contribution >= 0.6 is 0 Å². The molecule has 1 heterocycles. The second kappa shape index (κ2) is 4.27. The summed E-state index contributed by atoms with van der Waals surface area (Å²) in [6.45, 7) is 7.61. The second-order valence-electron chi connectivity index (χ2n) is 4.19. The molecular weight excluding hydrogens is 146 g/mol. The van der Waals surface area contributed by atoms with Gasteiger partial charge in [-0.2, -0.15) is 0 Å². The standard InChI is InChI=1S/C9H17N.C2H6/c1-8-6-9(7-10-8)4-2-3-5-9;1-2/h8,10H,2-7H2,1H3;1-2H3. The van der Waals surface area contributed by atoms with Crippen LogP contribution in [0.5, 0.6) is 0 Å². The molecule has 2 aliphatic rings. The summed E-state index contributed by atoms with van der Waals surface area (Å²) in [6.07, 6.45) is 7.38. The third-order valence-corrected chi connectivity index (χ3v) is 3.23. The lowest BCUT2D eigenvalue weighted by Gasteiger charge is -2.20. The van der Waals surface area contributed by atoms with Crippen molar-refractivity contribution in [2.75, 3.05) is 6.54 Å². The number of nitrogens with one attached hydrogen (secondary N) is 1. The minimum Gasteiger partial charge on any atom is -0.314 e. The maximum atomic E-state index is 3.55. The maximum absolute atomic E-state index is 3.55. The summed E-state index contributed by atoms with van der Waals surface area (Å²) < 4.78 is 0. The van der Waals surface area contributed by atoms with E-state index in [1.54, 1.807) is 0 Å². The summed E-state index contributed by atoms with van der Waals surface area (Å²) >= 11 is 0. The molecule has 1 N–H and O–H groups in total. The topological polar surface area (TPSA) is 12.0 Å². The predicted molar refractivity (Wildman–Crippen MR) is 54.3 cm³/mol. The van der Waals surface area contributed by atoms with Gasteiger partial charge < -0.3 is 5.32 Å². The van der Waals surface area contributed by atoms with E-state index in [0.717, 1.165) is 11.5 Å². The Morgan fingerprint density at radius 3 is 2.17 bits per heavy atom. The highest BCUT2D eigenvalue weighted by Gasteiger charge is 2.38. The van der Waals surface area contributed by atoms with Crippen LogP contribution in [0.25, 0.3) is 0 Å². The highest BCUT2D eigenvalue weighted by atomic mass is 15.0. The van der Waals surface area contributed by atoms with E-state index in [9.17, 15) is 0 Å². The van der Waals surface area contributed by atoms with Crippen molar-refractivity contribution in [1.29, 1.82) is 0 Å². The highest BCUT2D eigenvalue weighted by Crippen LogP contribution is 2.44. The fourth-order valence-corrected chi connectivity index (χ4v) is 2.69. The van der Waals surface area contributed by atoms with E-state index >= 15 is 0 Å². The molecule has 1 saturated carbocycles. The molecule has 1 saturated heterocycles. The van der Waals surface area contributed by atoms with Crippen LogP contribution in [-0.2, 0) is 0 Å². The van der Waals surface area contributed by atoms with Crippen LogP contribution < -0.4 is 5.32 Å². The molecule has 2 rings (SSSR count). The number of rotatable bonds is 0. The minimum atomic E-state index is 0.749. The van der Waals surface area contributed by atoms with Crippen LogP contribution in [0.2, 0.25) is 0 Å². The number of hydrogen-bond donors (Lipinski definition) is 1. The maximum Gasteiger partial charge on any atom is 0.00447 e. The molecule has 1 heteroatoms. The van der Waals surface area contributed by atoms with Crippen molar-refractivity contribution in [3.63, 3.8) is 0 Å². The van der Waals surface area contributed by atoms with E-state index in [0.29, 0.717) is 0 Å². The Labute approximate surface area is 76.9 Å². The third-order valence-electron chi connectivity index (χ3n) is 3.23. The van der Waals surface area contributed by atoms with Crippen molar-refractivity contribution in [2.24, 2.45) is 5.41 Å². The van der Waals surface area contributed by atoms with Gasteiger partial charge in [-0.1, -0.05) is 26.7 Å². The molecule has 1 aliphatic heterocycles. The molecule has 0 aromatic carbocycles. The lowest BCUT2D eigenvalue weighted by Crippen LogP contribution is -2.20. The Bertz CT molecular complexity index is 125. The van der Waals surface area contributed by atoms with Crippen molar-refractivity contribution in [3.8, 4) is 0 Å². The molecule has 0 aromatic rings. The van der Waals surface area contributed by atoms with Crippen molar-refractivity contribution >= 4 is 0 Å². The molecule has 0 aromatic heterocycles. The molecule has 1 nitrogen and oxygen atoms in total. The fraction of sp³-hybridized carbons (Fsp3) is 1.00. The first-order valence-electron chi connectivity index (χ1n) is 5.54. The van der Waals surface area contributed by atoms with Gasteiger partial charge in [-0.05, 0) is 31.6 Å². The van der Waals surface area contributed by atoms with Crippen molar-refractivity contribution in [3.05, 3.63) is 0 Å². The molecule has 0 radical (unpaired) electrons. The lowest BCUT2D eigenvalue weighted by atomic mass is 9.84. The van der Waals surface area contributed by atoms with Gasteiger partial charge in [-0.15, -0.1) is 0 Å². The Kier molecular flexibility index (Phi) is 3.57. The smallest absolute Gasteiger partial charge is 0.00447 e. The summed E-state index contributed by atoms with van der Waals surface area (Å²) in [5, 5.41) is 3.55. The summed E-state index contributed by atoms with van der Waals surface area (Å²) in [7, 11) is 0. The van der Waals surface area contributed by atoms with E-state index in [-0.39, 0.29) is 0 Å². The van der Waals surface area contributed by atoms with Gasteiger partial charge in [-0.3, -0.25) is 0 Å². The largest absolute Gasteiger partial charge is 0.314 e. The summed E-state index contributed by atoms with van der Waals surface area (Å²) in [5.74, 6) is 0. The van der Waals surface area contributed by atoms with Crippen LogP contribution in [0.3, 0.4) is 0 Å². The molecule has 72 valence electrons. The molecule has 1 unspecified atom stereocenters. The zero-order chi connectivity index (χ0) is 9.03. The van der Waals surface area contributed by atoms with Gasteiger partial charge >= 0.3 is 0 Å². The summed E-state index contributed by atoms with van der Waals surface area (Å²) in [5.41, 5.74) is 0.749. The van der Waals surface area contributed by atoms with Gasteiger partial charge in [-0.25, -0.2) is 0 Å². The normalized spacial score (nSPS) is 31.8. The second-order valence-corrected chi connectivity index (χ2v) is 4.19. The van der Waals surface area contributed by atoms with E-state index in [2.05, 4.69) is 12.2 Å². The highest BCUT2D eigenvalue weighted by molar-refractivity contribution is 4.94. The third kappa shape index (κ3) is 2.01. The fourth-order valence-electron chi connectivity index (χ4n) is 2.69. The first kappa shape index (κ1) is 10.0. The first-order valence-corrected chi connectivity index (χ1v) is 5.54. The summed E-state index contributed by atoms with van der Waals surface area (Å²) in [4.78, 5) is 0. The van der Waals surface area contributed by atoms with Crippen LogP contribution in [0.1, 0.15) is 52.9 Å². The Morgan fingerprint density at radius 2 is 1.75 bits per heavy atom. The predicted octanol–water partition coefficient (Wildman–Crippen LogP) is 2.95. The Balaban J connectivity index is 0.000000336. The zero-order valence-corrected chi connectivity index (χ0v) is 8.82. The Morgan fingerprint density at radius 1 is 1.17 bits per heavy atom. The van der Waals surface area contributed by atoms with E-state index in [1.165, 1.54) is 38.6 Å². The van der Waals surface area contributed by atoms with Gasteiger partial charge in [0.05, 0.1) is 0 Å². The van der Waals surface area contributed by atoms with Crippen LogP contribution in [0.4, 0.5) is 0 Å². The lowest BCUT2D eigenvalue weighted by molar-refractivity contribution is 0.330. The molecule has 12 heavy (non-hydrogen) atoms. The van der Waals surface area contributed by atoms with Crippen LogP contribution in [0, 0.1) is 5.41 Å². The molecule has 0 amide bonds. The number of hydrogen-bond acceptors (Lipinski definition) is 1. The van der Waals surface area contributed by atoms with E-state index < -0.39 is 0 Å². The minimum absolute atomic E-state index is 0.749. The molecular formula is C11H23N. The Hall–Kier alpha value is -0.0400. The average Bonchev–Trinajstić information content (AvgIpc) is 2.68. The van der Waals surface area contributed by atoms with Crippen molar-refractivity contribution in [1.82, 2.24) is 5.32 Å². The monoisotopic (exact) mass is 169 g/mol. The molecule has 0 bridgehead atoms. The SMILES string of the molecule is CC.CC1CC2(CCCC2)CN1. The van der Waals surface area contributed by atoms with Gasteiger partial charge in [0.15, 0.2) is 0 Å². The van der Waals surface area contributed by atoms with E-state index in [1.807, 2.05) is 13.8 Å². The molecule has 2 fully saturated rings. The molecule has 1 atom stereocenters.